The Morgan fingerprint density at radius 1 is 0.297 bits per heavy atom. The third-order valence-electron chi connectivity index (χ3n) is 16.8. The number of phosphoric acid groups is 2. The molecule has 2 unspecified atom stereocenters. The van der Waals surface area contributed by atoms with Crippen molar-refractivity contribution in [1.82, 2.24) is 0 Å². The number of carbonyl (C=O) groups excluding carboxylic acids is 4. The Labute approximate surface area is 556 Å². The highest BCUT2D eigenvalue weighted by Gasteiger charge is 2.30. The van der Waals surface area contributed by atoms with E-state index in [1.165, 1.54) is 199 Å². The molecule has 0 aromatic rings. The highest BCUT2D eigenvalue weighted by atomic mass is 31.2. The van der Waals surface area contributed by atoms with Crippen LogP contribution in [0.3, 0.4) is 0 Å². The van der Waals surface area contributed by atoms with Crippen LogP contribution in [0, 0.1) is 5.92 Å². The number of aliphatic hydroxyl groups excluding tert-OH is 1. The Kier molecular flexibility index (Phi) is 64.0. The first kappa shape index (κ1) is 89.1. The first-order chi connectivity index (χ1) is 44.0. The molecule has 0 saturated carbocycles. The number of esters is 4. The van der Waals surface area contributed by atoms with Crippen molar-refractivity contribution < 1.29 is 80.2 Å². The van der Waals surface area contributed by atoms with E-state index in [1.807, 2.05) is 0 Å². The van der Waals surface area contributed by atoms with E-state index in [0.29, 0.717) is 31.6 Å². The maximum Gasteiger partial charge on any atom is 0.472 e. The molecule has 0 heterocycles. The summed E-state index contributed by atoms with van der Waals surface area (Å²) in [6.45, 7) is 7.16. The summed E-state index contributed by atoms with van der Waals surface area (Å²) in [7, 11) is -9.90. The summed E-state index contributed by atoms with van der Waals surface area (Å²) >= 11 is 0. The van der Waals surface area contributed by atoms with Crippen molar-refractivity contribution in [2.75, 3.05) is 39.6 Å². The lowest BCUT2D eigenvalue weighted by molar-refractivity contribution is -0.161. The minimum atomic E-state index is -4.95. The molecule has 0 aromatic carbocycles. The van der Waals surface area contributed by atoms with Crippen molar-refractivity contribution in [3.63, 3.8) is 0 Å². The lowest BCUT2D eigenvalue weighted by Crippen LogP contribution is -2.30. The predicted molar refractivity (Wildman–Crippen MR) is 368 cm³/mol. The first-order valence-corrected chi connectivity index (χ1v) is 40.6. The van der Waals surface area contributed by atoms with Crippen LogP contribution >= 0.6 is 15.6 Å². The van der Waals surface area contributed by atoms with E-state index in [0.717, 1.165) is 89.9 Å². The minimum absolute atomic E-state index is 0.102. The second kappa shape index (κ2) is 65.4. The smallest absolute Gasteiger partial charge is 0.462 e. The van der Waals surface area contributed by atoms with E-state index >= 15 is 0 Å². The predicted octanol–water partition coefficient (Wildman–Crippen LogP) is 20.9. The molecule has 0 bridgehead atoms. The first-order valence-electron chi connectivity index (χ1n) is 37.6. The minimum Gasteiger partial charge on any atom is -0.462 e. The van der Waals surface area contributed by atoms with Crippen LogP contribution in [-0.4, -0.2) is 96.7 Å². The largest absolute Gasteiger partial charge is 0.472 e. The van der Waals surface area contributed by atoms with E-state index in [1.54, 1.807) is 0 Å². The quantitative estimate of drug-likeness (QED) is 0.0222. The van der Waals surface area contributed by atoms with Gasteiger partial charge in [-0.3, -0.25) is 37.3 Å². The van der Waals surface area contributed by atoms with Gasteiger partial charge in [0.25, 0.3) is 0 Å². The van der Waals surface area contributed by atoms with Gasteiger partial charge in [0.05, 0.1) is 26.4 Å². The van der Waals surface area contributed by atoms with Gasteiger partial charge >= 0.3 is 39.5 Å². The molecule has 0 aliphatic carbocycles. The summed E-state index contributed by atoms with van der Waals surface area (Å²) in [5, 5.41) is 10.6. The molecule has 0 rings (SSSR count). The fraction of sp³-hybridized carbons (Fsp3) is 0.944. The van der Waals surface area contributed by atoms with E-state index in [9.17, 15) is 43.2 Å². The molecule has 0 saturated heterocycles. The van der Waals surface area contributed by atoms with E-state index in [2.05, 4.69) is 34.6 Å². The zero-order valence-electron chi connectivity index (χ0n) is 59.0. The molecule has 17 nitrogen and oxygen atoms in total. The third-order valence-corrected chi connectivity index (χ3v) is 18.7. The fourth-order valence-corrected chi connectivity index (χ4v) is 12.6. The van der Waals surface area contributed by atoms with Crippen molar-refractivity contribution in [1.29, 1.82) is 0 Å². The monoisotopic (exact) mass is 1340 g/mol. The number of unbranched alkanes of at least 4 members (excludes halogenated alkanes) is 44. The second-order valence-corrected chi connectivity index (χ2v) is 29.4. The summed E-state index contributed by atoms with van der Waals surface area (Å²) in [5.41, 5.74) is 0. The van der Waals surface area contributed by atoms with E-state index in [-0.39, 0.29) is 25.7 Å². The highest BCUT2D eigenvalue weighted by molar-refractivity contribution is 7.47. The third kappa shape index (κ3) is 66.5. The zero-order valence-corrected chi connectivity index (χ0v) is 60.8. The Morgan fingerprint density at radius 3 is 0.747 bits per heavy atom. The van der Waals surface area contributed by atoms with Gasteiger partial charge in [-0.2, -0.15) is 0 Å². The molecule has 0 aliphatic rings. The van der Waals surface area contributed by atoms with Crippen LogP contribution in [0.25, 0.3) is 0 Å². The molecule has 19 heteroatoms. The maximum absolute atomic E-state index is 13.0. The maximum atomic E-state index is 13.0. The summed E-state index contributed by atoms with van der Waals surface area (Å²) in [6, 6.07) is 0. The number of hydrogen-bond acceptors (Lipinski definition) is 15. The van der Waals surface area contributed by atoms with Gasteiger partial charge in [-0.1, -0.05) is 324 Å². The Bertz CT molecular complexity index is 1750. The van der Waals surface area contributed by atoms with Crippen molar-refractivity contribution in [2.24, 2.45) is 5.92 Å². The van der Waals surface area contributed by atoms with Gasteiger partial charge in [0.1, 0.15) is 19.3 Å². The lowest BCUT2D eigenvalue weighted by Gasteiger charge is -2.21. The number of hydrogen-bond donors (Lipinski definition) is 3. The fourth-order valence-electron chi connectivity index (χ4n) is 11.0. The van der Waals surface area contributed by atoms with Crippen LogP contribution in [0.2, 0.25) is 0 Å². The molecule has 0 amide bonds. The van der Waals surface area contributed by atoms with Gasteiger partial charge < -0.3 is 33.8 Å². The van der Waals surface area contributed by atoms with Crippen LogP contribution in [0.15, 0.2) is 0 Å². The zero-order chi connectivity index (χ0) is 67.0. The van der Waals surface area contributed by atoms with Crippen LogP contribution < -0.4 is 0 Å². The summed E-state index contributed by atoms with van der Waals surface area (Å²) in [4.78, 5) is 72.5. The van der Waals surface area contributed by atoms with Gasteiger partial charge in [-0.05, 0) is 31.6 Å². The molecule has 540 valence electrons. The Hall–Kier alpha value is -1.94. The molecular weight excluding hydrogens is 1200 g/mol. The van der Waals surface area contributed by atoms with Crippen LogP contribution in [0.1, 0.15) is 375 Å². The van der Waals surface area contributed by atoms with Gasteiger partial charge in [0.2, 0.25) is 0 Å². The number of rotatable bonds is 72. The average Bonchev–Trinajstić information content (AvgIpc) is 3.64. The van der Waals surface area contributed by atoms with Gasteiger partial charge in [-0.25, -0.2) is 9.13 Å². The molecule has 3 N–H and O–H groups in total. The molecule has 5 atom stereocenters. The summed E-state index contributed by atoms with van der Waals surface area (Å²) in [5.74, 6) is -1.45. The van der Waals surface area contributed by atoms with E-state index < -0.39 is 97.5 Å². The van der Waals surface area contributed by atoms with Gasteiger partial charge in [0.15, 0.2) is 12.2 Å². The molecular formula is C72H140O17P2. The number of carbonyl (C=O) groups is 4. The van der Waals surface area contributed by atoms with Crippen molar-refractivity contribution in [3.05, 3.63) is 0 Å². The normalized spacial score (nSPS) is 14.0. The molecule has 0 aliphatic heterocycles. The van der Waals surface area contributed by atoms with Crippen molar-refractivity contribution >= 4 is 39.5 Å². The lowest BCUT2D eigenvalue weighted by atomic mass is 10.0. The SMILES string of the molecule is CCCCCCCCCCCCCCCCCCCC(=O)O[C@H](COC(=O)CCCCCCCCCCCCCCCCCC)COP(=O)(O)OC[C@@H](O)COP(=O)(O)OC[C@@H](COC(=O)CCCCCCCCCCC)OC(=O)CCCCCCCCC(C)C. The molecule has 91 heavy (non-hydrogen) atoms. The number of aliphatic hydroxyl groups is 1. The van der Waals surface area contributed by atoms with Crippen LogP contribution in [0.5, 0.6) is 0 Å². The molecule has 0 radical (unpaired) electrons. The van der Waals surface area contributed by atoms with Crippen molar-refractivity contribution in [2.45, 2.75) is 393 Å². The standard InChI is InChI=1S/C72H140O17P2/c1-6-9-12-15-18-21-23-25-27-29-31-33-35-38-41-47-52-57-71(76)88-67(61-83-70(75)56-51-46-40-37-34-32-30-28-26-24-22-19-16-13-10-7-2)63-86-90(78,79)84-59-66(73)60-85-91(80,81)87-64-68(89-72(77)58-53-48-43-42-44-49-54-65(4)5)62-82-69(74)55-50-45-39-36-20-17-14-11-8-3/h65-68,73H,6-64H2,1-5H3,(H,78,79)(H,80,81)/t66-,67-,68-/m1/s1. The Balaban J connectivity index is 5.20. The second-order valence-electron chi connectivity index (χ2n) is 26.5. The van der Waals surface area contributed by atoms with Gasteiger partial charge in [-0.15, -0.1) is 0 Å². The van der Waals surface area contributed by atoms with Crippen LogP contribution in [-0.2, 0) is 65.4 Å². The number of ether oxygens (including phenoxy) is 4. The Morgan fingerprint density at radius 2 is 0.505 bits per heavy atom. The van der Waals surface area contributed by atoms with Crippen molar-refractivity contribution in [3.8, 4) is 0 Å². The summed E-state index contributed by atoms with van der Waals surface area (Å²) < 4.78 is 68.3. The average molecular weight is 1340 g/mol. The molecule has 0 spiro atoms. The molecule has 0 fully saturated rings. The van der Waals surface area contributed by atoms with Gasteiger partial charge in [0, 0.05) is 25.7 Å². The van der Waals surface area contributed by atoms with Crippen LogP contribution in [0.4, 0.5) is 0 Å². The number of phosphoric ester groups is 2. The summed E-state index contributed by atoms with van der Waals surface area (Å²) in [6.07, 6.45) is 52.9. The molecule has 0 aromatic heterocycles. The topological polar surface area (TPSA) is 237 Å². The highest BCUT2D eigenvalue weighted by Crippen LogP contribution is 2.45. The van der Waals surface area contributed by atoms with E-state index in [4.69, 9.17) is 37.0 Å².